The molecule has 172 valence electrons. The van der Waals surface area contributed by atoms with E-state index in [4.69, 9.17) is 21.3 Å². The third-order valence-corrected chi connectivity index (χ3v) is 4.46. The van der Waals surface area contributed by atoms with Crippen LogP contribution in [0.4, 0.5) is 5.82 Å². The van der Waals surface area contributed by atoms with Crippen molar-refractivity contribution in [2.24, 2.45) is 11.5 Å². The molecule has 15 heteroatoms. The number of aliphatic hydroxyl groups excluding tert-OH is 3. The second-order valence-corrected chi connectivity index (χ2v) is 6.74. The van der Waals surface area contributed by atoms with Gasteiger partial charge in [0.05, 0.1) is 19.2 Å². The maximum absolute atomic E-state index is 12.4. The number of nitrogens with two attached hydrogens (primary N) is 2. The average Bonchev–Trinajstić information content (AvgIpc) is 2.71. The van der Waals surface area contributed by atoms with Crippen molar-refractivity contribution in [2.45, 2.75) is 36.6 Å². The second-order valence-electron chi connectivity index (χ2n) is 6.74. The summed E-state index contributed by atoms with van der Waals surface area (Å²) in [5.41, 5.74) is 9.67. The van der Waals surface area contributed by atoms with Crippen LogP contribution in [0.25, 0.3) is 0 Å². The number of rotatable bonds is 8. The van der Waals surface area contributed by atoms with Crippen LogP contribution in [0.1, 0.15) is 6.23 Å². The molecule has 6 atom stereocenters. The molecule has 3 amide bonds. The summed E-state index contributed by atoms with van der Waals surface area (Å²) in [5.74, 6) is -2.58. The molecular weight excluding hydrogens is 418 g/mol. The maximum Gasteiger partial charge on any atom is 0.351 e. The van der Waals surface area contributed by atoms with Crippen molar-refractivity contribution in [3.8, 4) is 0 Å². The van der Waals surface area contributed by atoms with Gasteiger partial charge in [0.25, 0.3) is 0 Å². The minimum atomic E-state index is -1.78. The number of amides is 3. The van der Waals surface area contributed by atoms with Crippen LogP contribution < -0.4 is 33.1 Å². The van der Waals surface area contributed by atoms with Crippen LogP contribution in [0.5, 0.6) is 0 Å². The molecule has 0 radical (unpaired) electrons. The van der Waals surface area contributed by atoms with E-state index >= 15 is 0 Å². The van der Waals surface area contributed by atoms with Crippen LogP contribution in [-0.4, -0.2) is 93.2 Å². The molecule has 0 spiro atoms. The first-order chi connectivity index (χ1) is 14.6. The van der Waals surface area contributed by atoms with Gasteiger partial charge in [-0.1, -0.05) is 0 Å². The number of aromatic nitrogens is 2. The zero-order valence-corrected chi connectivity index (χ0v) is 16.5. The quantitative estimate of drug-likeness (QED) is 0.188. The predicted octanol–water partition coefficient (Wildman–Crippen LogP) is -5.69. The lowest BCUT2D eigenvalue weighted by Crippen LogP contribution is -2.66. The summed E-state index contributed by atoms with van der Waals surface area (Å²) in [4.78, 5) is 51.4. The standard InChI is InChI=1S/C16H25N7O8/c1-19-4-8(25)20-7-2-3-23(16(30)21-7)15-11(27)9(22-14(29)6(17)5-24)10(26)12(31-15)13(18)28/h2-3,6,9-12,15,19,24,26-27H,4-5,17H2,1H3,(H2,18,28)(H,22,29)(H,20,21,25,30). The Morgan fingerprint density at radius 2 is 2.00 bits per heavy atom. The third kappa shape index (κ3) is 5.60. The molecular formula is C16H25N7O8. The number of likely N-dealkylation sites (N-methyl/N-ethyl adjacent to an activating group) is 1. The Morgan fingerprint density at radius 1 is 1.32 bits per heavy atom. The monoisotopic (exact) mass is 443 g/mol. The molecule has 15 nitrogen and oxygen atoms in total. The van der Waals surface area contributed by atoms with Crippen molar-refractivity contribution in [1.82, 2.24) is 20.2 Å². The van der Waals surface area contributed by atoms with Crippen LogP contribution in [0.2, 0.25) is 0 Å². The van der Waals surface area contributed by atoms with Gasteiger partial charge in [0.2, 0.25) is 17.7 Å². The SMILES string of the molecule is CNCC(=O)Nc1ccn(C2OC(C(N)=O)C(O)C(NC(=O)C(N)CO)C2O)c(=O)n1. The number of carbonyl (C=O) groups excluding carboxylic acids is 3. The zero-order chi connectivity index (χ0) is 23.3. The Hall–Kier alpha value is -2.95. The van der Waals surface area contributed by atoms with Crippen LogP contribution in [-0.2, 0) is 19.1 Å². The predicted molar refractivity (Wildman–Crippen MR) is 103 cm³/mol. The van der Waals surface area contributed by atoms with E-state index in [1.807, 2.05) is 0 Å². The van der Waals surface area contributed by atoms with Crippen molar-refractivity contribution in [3.63, 3.8) is 0 Å². The average molecular weight is 443 g/mol. The summed E-state index contributed by atoms with van der Waals surface area (Å²) in [6.07, 6.45) is -5.68. The number of hydrogen-bond acceptors (Lipinski definition) is 11. The van der Waals surface area contributed by atoms with E-state index in [1.165, 1.54) is 6.07 Å². The molecule has 0 bridgehead atoms. The van der Waals surface area contributed by atoms with Crippen molar-refractivity contribution in [2.75, 3.05) is 25.5 Å². The van der Waals surface area contributed by atoms with Crippen LogP contribution in [0.15, 0.2) is 17.1 Å². The molecule has 31 heavy (non-hydrogen) atoms. The van der Waals surface area contributed by atoms with Crippen LogP contribution >= 0.6 is 0 Å². The Morgan fingerprint density at radius 3 is 2.55 bits per heavy atom. The highest BCUT2D eigenvalue weighted by molar-refractivity contribution is 5.91. The summed E-state index contributed by atoms with van der Waals surface area (Å²) in [5, 5.41) is 37.2. The largest absolute Gasteiger partial charge is 0.394 e. The molecule has 1 aliphatic heterocycles. The van der Waals surface area contributed by atoms with E-state index in [2.05, 4.69) is 20.9 Å². The minimum Gasteiger partial charge on any atom is -0.394 e. The van der Waals surface area contributed by atoms with Gasteiger partial charge < -0.3 is 47.5 Å². The second kappa shape index (κ2) is 10.4. The van der Waals surface area contributed by atoms with Crippen molar-refractivity contribution in [3.05, 3.63) is 22.7 Å². The first kappa shape index (κ1) is 24.3. The number of carbonyl (C=O) groups is 3. The molecule has 0 aromatic carbocycles. The number of nitrogens with one attached hydrogen (secondary N) is 3. The Balaban J connectivity index is 2.33. The number of primary amides is 1. The molecule has 0 aliphatic carbocycles. The number of nitrogens with zero attached hydrogens (tertiary/aromatic N) is 2. The lowest BCUT2D eigenvalue weighted by atomic mass is 9.94. The Labute approximate surface area is 175 Å². The normalized spacial score (nSPS) is 26.7. The van der Waals surface area contributed by atoms with Crippen molar-refractivity contribution >= 4 is 23.5 Å². The highest BCUT2D eigenvalue weighted by atomic mass is 16.5. The fraction of sp³-hybridized carbons (Fsp3) is 0.562. The van der Waals surface area contributed by atoms with Gasteiger partial charge in [0.15, 0.2) is 12.3 Å². The van der Waals surface area contributed by atoms with Gasteiger partial charge in [-0.15, -0.1) is 0 Å². The Kier molecular flexibility index (Phi) is 8.14. The topological polar surface area (TPSA) is 244 Å². The zero-order valence-electron chi connectivity index (χ0n) is 16.5. The first-order valence-electron chi connectivity index (χ1n) is 9.12. The smallest absolute Gasteiger partial charge is 0.351 e. The Bertz CT molecular complexity index is 878. The molecule has 6 unspecified atom stereocenters. The molecule has 0 saturated carbocycles. The van der Waals surface area contributed by atoms with Gasteiger partial charge in [-0.05, 0) is 13.1 Å². The van der Waals surface area contributed by atoms with Crippen LogP contribution in [0.3, 0.4) is 0 Å². The van der Waals surface area contributed by atoms with E-state index in [0.29, 0.717) is 0 Å². The molecule has 2 rings (SSSR count). The van der Waals surface area contributed by atoms with Crippen molar-refractivity contribution < 1.29 is 34.4 Å². The van der Waals surface area contributed by atoms with Crippen molar-refractivity contribution in [1.29, 1.82) is 0 Å². The molecule has 2 heterocycles. The third-order valence-electron chi connectivity index (χ3n) is 4.46. The van der Waals surface area contributed by atoms with Gasteiger partial charge in [-0.2, -0.15) is 4.98 Å². The molecule has 1 fully saturated rings. The molecule has 1 aromatic rings. The molecule has 1 aliphatic rings. The minimum absolute atomic E-state index is 0.0231. The summed E-state index contributed by atoms with van der Waals surface area (Å²) >= 11 is 0. The van der Waals surface area contributed by atoms with E-state index in [-0.39, 0.29) is 12.4 Å². The van der Waals surface area contributed by atoms with E-state index in [1.54, 1.807) is 7.05 Å². The number of anilines is 1. The lowest BCUT2D eigenvalue weighted by Gasteiger charge is -2.42. The number of aliphatic hydroxyl groups is 3. The molecule has 10 N–H and O–H groups in total. The van der Waals surface area contributed by atoms with E-state index in [0.717, 1.165) is 10.8 Å². The lowest BCUT2D eigenvalue weighted by molar-refractivity contribution is -0.211. The summed E-state index contributed by atoms with van der Waals surface area (Å²) in [6.45, 7) is -0.737. The fourth-order valence-electron chi connectivity index (χ4n) is 2.89. The van der Waals surface area contributed by atoms with Gasteiger partial charge in [0.1, 0.15) is 24.1 Å². The highest BCUT2D eigenvalue weighted by Crippen LogP contribution is 2.27. The summed E-state index contributed by atoms with van der Waals surface area (Å²) in [7, 11) is 1.55. The van der Waals surface area contributed by atoms with Gasteiger partial charge in [-0.25, -0.2) is 4.79 Å². The molecule has 1 saturated heterocycles. The van der Waals surface area contributed by atoms with Crippen LogP contribution in [0, 0.1) is 0 Å². The first-order valence-corrected chi connectivity index (χ1v) is 9.12. The summed E-state index contributed by atoms with van der Waals surface area (Å²) in [6, 6.07) is -1.65. The summed E-state index contributed by atoms with van der Waals surface area (Å²) < 4.78 is 6.11. The fourth-order valence-corrected chi connectivity index (χ4v) is 2.89. The van der Waals surface area contributed by atoms with Gasteiger partial charge >= 0.3 is 5.69 Å². The number of hydrogen-bond donors (Lipinski definition) is 8. The highest BCUT2D eigenvalue weighted by Gasteiger charge is 2.48. The maximum atomic E-state index is 12.4. The van der Waals surface area contributed by atoms with Gasteiger partial charge in [0, 0.05) is 6.20 Å². The van der Waals surface area contributed by atoms with E-state index < -0.39 is 66.6 Å². The number of ether oxygens (including phenoxy) is 1. The van der Waals surface area contributed by atoms with Gasteiger partial charge in [-0.3, -0.25) is 19.0 Å². The van der Waals surface area contributed by atoms with E-state index in [9.17, 15) is 29.4 Å². The molecule has 1 aromatic heterocycles.